The Morgan fingerprint density at radius 3 is 1.73 bits per heavy atom. The van der Waals surface area contributed by atoms with Gasteiger partial charge >= 0.3 is 0 Å². The number of benzene rings is 2. The first-order valence-electron chi connectivity index (χ1n) is 10.9. The third kappa shape index (κ3) is 6.51. The highest BCUT2D eigenvalue weighted by Crippen LogP contribution is 2.30. The highest BCUT2D eigenvalue weighted by molar-refractivity contribution is 7.99. The summed E-state index contributed by atoms with van der Waals surface area (Å²) in [6, 6.07) is 18.3. The van der Waals surface area contributed by atoms with Crippen LogP contribution in [0.2, 0.25) is 0 Å². The maximum atomic E-state index is 4.00. The molecule has 0 aromatic heterocycles. The van der Waals surface area contributed by atoms with Crippen LogP contribution in [-0.4, -0.2) is 0 Å². The van der Waals surface area contributed by atoms with Gasteiger partial charge in [-0.05, 0) is 63.8 Å². The van der Waals surface area contributed by atoms with Gasteiger partial charge in [-0.3, -0.25) is 0 Å². The molecule has 0 saturated carbocycles. The van der Waals surface area contributed by atoms with Crippen molar-refractivity contribution in [1.29, 1.82) is 0 Å². The molecule has 0 saturated heterocycles. The lowest BCUT2D eigenvalue weighted by molar-refractivity contribution is 0.517. The molecule has 160 valence electrons. The summed E-state index contributed by atoms with van der Waals surface area (Å²) < 4.78 is 0. The van der Waals surface area contributed by atoms with Crippen LogP contribution in [-0.2, 0) is 16.3 Å². The molecule has 2 rings (SSSR count). The van der Waals surface area contributed by atoms with E-state index in [0.29, 0.717) is 5.92 Å². The Balaban J connectivity index is 2.46. The molecular formula is C29H39S+. The first-order valence-corrected chi connectivity index (χ1v) is 12.2. The molecule has 0 amide bonds. The Morgan fingerprint density at radius 1 is 0.833 bits per heavy atom. The lowest BCUT2D eigenvalue weighted by atomic mass is 9.86. The van der Waals surface area contributed by atoms with Crippen LogP contribution < -0.4 is 0 Å². The highest BCUT2D eigenvalue weighted by atomic mass is 32.2. The molecule has 1 unspecified atom stereocenters. The van der Waals surface area contributed by atoms with E-state index in [-0.39, 0.29) is 21.7 Å². The fourth-order valence-corrected chi connectivity index (χ4v) is 4.92. The minimum absolute atomic E-state index is 0.0952. The molecule has 0 aliphatic heterocycles. The molecule has 1 heteroatoms. The molecule has 0 bridgehead atoms. The van der Waals surface area contributed by atoms with Gasteiger partial charge < -0.3 is 0 Å². The van der Waals surface area contributed by atoms with E-state index in [1.165, 1.54) is 26.5 Å². The van der Waals surface area contributed by atoms with Gasteiger partial charge in [0.05, 0.1) is 10.9 Å². The van der Waals surface area contributed by atoms with E-state index >= 15 is 0 Å². The van der Waals surface area contributed by atoms with Gasteiger partial charge in [0.15, 0.2) is 9.79 Å². The maximum absolute atomic E-state index is 4.00. The summed E-state index contributed by atoms with van der Waals surface area (Å²) in [6.45, 7) is 22.0. The summed E-state index contributed by atoms with van der Waals surface area (Å²) in [6.07, 6.45) is 6.39. The van der Waals surface area contributed by atoms with Crippen LogP contribution in [0.5, 0.6) is 0 Å². The van der Waals surface area contributed by atoms with Crippen LogP contribution in [0.25, 0.3) is 0 Å². The molecule has 0 heterocycles. The van der Waals surface area contributed by atoms with E-state index in [1.54, 1.807) is 0 Å². The van der Waals surface area contributed by atoms with E-state index < -0.39 is 0 Å². The number of hydrogen-bond acceptors (Lipinski definition) is 0. The summed E-state index contributed by atoms with van der Waals surface area (Å²) in [5.41, 5.74) is 4.27. The zero-order chi connectivity index (χ0) is 22.5. The summed E-state index contributed by atoms with van der Waals surface area (Å²) in [7, 11) is -0.112. The first-order chi connectivity index (χ1) is 13.9. The molecule has 1 atom stereocenters. The van der Waals surface area contributed by atoms with E-state index in [9.17, 15) is 0 Å². The SMILES string of the molecule is C=C/C(=C\C=C\[S+](c1ccc(C(C)C)cc1)c1ccc(C(C)(C)C)cc1)C(C)(C)C. The predicted octanol–water partition coefficient (Wildman–Crippen LogP) is 8.82. The van der Waals surface area contributed by atoms with Crippen molar-refractivity contribution in [3.63, 3.8) is 0 Å². The van der Waals surface area contributed by atoms with Gasteiger partial charge in [0, 0.05) is 0 Å². The van der Waals surface area contributed by atoms with Crippen molar-refractivity contribution in [3.8, 4) is 0 Å². The molecule has 0 N–H and O–H groups in total. The highest BCUT2D eigenvalue weighted by Gasteiger charge is 2.24. The van der Waals surface area contributed by atoms with E-state index in [0.717, 1.165) is 0 Å². The summed E-state index contributed by atoms with van der Waals surface area (Å²) in [5.74, 6) is 0.548. The van der Waals surface area contributed by atoms with Gasteiger partial charge in [0.1, 0.15) is 5.41 Å². The first kappa shape index (κ1) is 24.3. The average molecular weight is 420 g/mol. The molecule has 0 aliphatic rings. The lowest BCUT2D eigenvalue weighted by Crippen LogP contribution is -2.11. The van der Waals surface area contributed by atoms with Crippen molar-refractivity contribution >= 4 is 10.9 Å². The third-order valence-electron chi connectivity index (χ3n) is 5.35. The van der Waals surface area contributed by atoms with E-state index in [2.05, 4.69) is 128 Å². The minimum atomic E-state index is -0.112. The Bertz CT molecular complexity index is 879. The lowest BCUT2D eigenvalue weighted by Gasteiger charge is -2.19. The second kappa shape index (κ2) is 9.88. The van der Waals surface area contributed by atoms with Gasteiger partial charge in [-0.1, -0.05) is 98.4 Å². The van der Waals surface area contributed by atoms with Gasteiger partial charge in [0.25, 0.3) is 0 Å². The smallest absolute Gasteiger partial charge is 0.0988 e. The Morgan fingerprint density at radius 2 is 1.33 bits per heavy atom. The largest absolute Gasteiger partial charge is 0.165 e. The van der Waals surface area contributed by atoms with Crippen LogP contribution >= 0.6 is 0 Å². The fourth-order valence-electron chi connectivity index (χ4n) is 3.24. The molecule has 2 aromatic rings. The zero-order valence-corrected chi connectivity index (χ0v) is 20.9. The third-order valence-corrected chi connectivity index (χ3v) is 7.34. The summed E-state index contributed by atoms with van der Waals surface area (Å²) in [4.78, 5) is 2.70. The van der Waals surface area contributed by atoms with Crippen molar-refractivity contribution in [2.45, 2.75) is 76.5 Å². The molecule has 0 nitrogen and oxygen atoms in total. The van der Waals surface area contributed by atoms with Crippen LogP contribution in [0.3, 0.4) is 0 Å². The summed E-state index contributed by atoms with van der Waals surface area (Å²) in [5, 5.41) is 2.34. The zero-order valence-electron chi connectivity index (χ0n) is 20.1. The second-order valence-corrected chi connectivity index (χ2v) is 12.1. The van der Waals surface area contributed by atoms with Crippen molar-refractivity contribution in [1.82, 2.24) is 0 Å². The van der Waals surface area contributed by atoms with Crippen molar-refractivity contribution in [2.24, 2.45) is 5.41 Å². The fraction of sp³-hybridized carbons (Fsp3) is 0.379. The molecule has 30 heavy (non-hydrogen) atoms. The Labute approximate surface area is 188 Å². The molecule has 0 radical (unpaired) electrons. The van der Waals surface area contributed by atoms with Crippen LogP contribution in [0.15, 0.2) is 94.1 Å². The van der Waals surface area contributed by atoms with Gasteiger partial charge in [-0.25, -0.2) is 0 Å². The quantitative estimate of drug-likeness (QED) is 0.324. The Kier molecular flexibility index (Phi) is 7.99. The average Bonchev–Trinajstić information content (AvgIpc) is 2.67. The van der Waals surface area contributed by atoms with Crippen molar-refractivity contribution in [3.05, 3.63) is 95.4 Å². The van der Waals surface area contributed by atoms with Gasteiger partial charge in [0.2, 0.25) is 0 Å². The topological polar surface area (TPSA) is 0 Å². The van der Waals surface area contributed by atoms with Crippen molar-refractivity contribution in [2.75, 3.05) is 0 Å². The van der Waals surface area contributed by atoms with Gasteiger partial charge in [-0.2, -0.15) is 0 Å². The normalized spacial score (nSPS) is 14.4. The molecule has 0 fully saturated rings. The number of hydrogen-bond donors (Lipinski definition) is 0. The second-order valence-electron chi connectivity index (χ2n) is 10.2. The molecule has 0 aliphatic carbocycles. The Hall–Kier alpha value is -1.99. The van der Waals surface area contributed by atoms with Crippen LogP contribution in [0.1, 0.15) is 72.4 Å². The number of rotatable bonds is 6. The molecular weight excluding hydrogens is 380 g/mol. The van der Waals surface area contributed by atoms with E-state index in [4.69, 9.17) is 0 Å². The van der Waals surface area contributed by atoms with Crippen molar-refractivity contribution < 1.29 is 0 Å². The summed E-state index contributed by atoms with van der Waals surface area (Å²) >= 11 is 0. The predicted molar refractivity (Wildman–Crippen MR) is 136 cm³/mol. The van der Waals surface area contributed by atoms with Gasteiger partial charge in [-0.15, -0.1) is 0 Å². The minimum Gasteiger partial charge on any atom is -0.0988 e. The number of allylic oxidation sites excluding steroid dienone is 4. The standard InChI is InChI=1S/C29H39S/c1-10-24(28(4,5)6)12-11-21-30(26-17-13-23(14-18-26)22(2)3)27-19-15-25(16-20-27)29(7,8)9/h10-22H,1H2,2-9H3/q+1/b21-11+,24-12+. The van der Waals surface area contributed by atoms with Crippen LogP contribution in [0.4, 0.5) is 0 Å². The maximum Gasteiger partial charge on any atom is 0.165 e. The monoisotopic (exact) mass is 419 g/mol. The molecule has 2 aromatic carbocycles. The van der Waals surface area contributed by atoms with Crippen LogP contribution in [0, 0.1) is 5.41 Å². The van der Waals surface area contributed by atoms with E-state index in [1.807, 2.05) is 6.08 Å². The molecule has 0 spiro atoms.